The van der Waals surface area contributed by atoms with Gasteiger partial charge in [-0.3, -0.25) is 0 Å². The number of rotatable bonds is 6. The van der Waals surface area contributed by atoms with E-state index in [4.69, 9.17) is 0 Å². The first kappa shape index (κ1) is 37.8. The molecular weight excluding hydrogens is 584 g/mol. The standard InChI is InChI=1S/3C6H19NSi2.Gd/c3*1-8(2,3)7-9(4,5)6;/h3*7H,1-6H3;. The maximum Gasteiger partial charge on any atom is 0.109 e. The zero-order chi connectivity index (χ0) is 23.1. The molecule has 0 saturated heterocycles. The average Bonchev–Trinajstić information content (AvgIpc) is 1.96. The third-order valence-electron chi connectivity index (χ3n) is 2.25. The van der Waals surface area contributed by atoms with E-state index in [-0.39, 0.29) is 39.9 Å². The van der Waals surface area contributed by atoms with Gasteiger partial charge in [0, 0.05) is 39.9 Å². The van der Waals surface area contributed by atoms with Crippen LogP contribution in [0.1, 0.15) is 0 Å². The van der Waals surface area contributed by atoms with Crippen molar-refractivity contribution < 1.29 is 39.9 Å². The summed E-state index contributed by atoms with van der Waals surface area (Å²) >= 11 is 0. The normalized spacial score (nSPS) is 13.5. The van der Waals surface area contributed by atoms with Crippen LogP contribution in [0.15, 0.2) is 0 Å². The summed E-state index contributed by atoms with van der Waals surface area (Å²) in [5.41, 5.74) is 0. The number of nitrogens with one attached hydrogen (secondary N) is 3. The molecule has 0 amide bonds. The van der Waals surface area contributed by atoms with Crippen LogP contribution in [-0.4, -0.2) is 49.4 Å². The van der Waals surface area contributed by atoms with Crippen molar-refractivity contribution in [1.29, 1.82) is 0 Å². The quantitative estimate of drug-likeness (QED) is 0.282. The van der Waals surface area contributed by atoms with Gasteiger partial charge in [0.1, 0.15) is 49.4 Å². The van der Waals surface area contributed by atoms with Crippen LogP contribution < -0.4 is 13.9 Å². The largest absolute Gasteiger partial charge is 0.360 e. The van der Waals surface area contributed by atoms with Gasteiger partial charge in [0.15, 0.2) is 0 Å². The van der Waals surface area contributed by atoms with Crippen LogP contribution in [0.5, 0.6) is 0 Å². The summed E-state index contributed by atoms with van der Waals surface area (Å²) in [6, 6.07) is 0. The first-order valence-electron chi connectivity index (χ1n) is 10.5. The Labute approximate surface area is 219 Å². The second-order valence-corrected chi connectivity index (χ2v) is 43.9. The van der Waals surface area contributed by atoms with Gasteiger partial charge in [-0.25, -0.2) is 0 Å². The zero-order valence-electron chi connectivity index (χ0n) is 22.9. The molecule has 0 aliphatic carbocycles. The Kier molecular flexibility index (Phi) is 18.8. The minimum absolute atomic E-state index is 0. The zero-order valence-corrected chi connectivity index (χ0v) is 31.1. The van der Waals surface area contributed by atoms with Gasteiger partial charge in [0.2, 0.25) is 0 Å². The van der Waals surface area contributed by atoms with Gasteiger partial charge < -0.3 is 13.9 Å². The molecule has 0 aromatic rings. The van der Waals surface area contributed by atoms with Crippen LogP contribution in [0, 0.1) is 39.9 Å². The summed E-state index contributed by atoms with van der Waals surface area (Å²) in [6.45, 7) is 42.3. The average molecular weight is 641 g/mol. The molecule has 10 heteroatoms. The molecule has 0 aromatic carbocycles. The van der Waals surface area contributed by atoms with Crippen LogP contribution >= 0.6 is 0 Å². The topological polar surface area (TPSA) is 36.1 Å². The molecule has 176 valence electrons. The predicted octanol–water partition coefficient (Wildman–Crippen LogP) is 6.74. The van der Waals surface area contributed by atoms with E-state index in [9.17, 15) is 0 Å². The van der Waals surface area contributed by atoms with Crippen molar-refractivity contribution in [3.05, 3.63) is 0 Å². The van der Waals surface area contributed by atoms with Gasteiger partial charge >= 0.3 is 0 Å². The van der Waals surface area contributed by atoms with Crippen LogP contribution in [-0.2, 0) is 0 Å². The molecule has 0 radical (unpaired) electrons. The molecule has 0 bridgehead atoms. The van der Waals surface area contributed by atoms with Gasteiger partial charge in [-0.05, 0) is 0 Å². The summed E-state index contributed by atoms with van der Waals surface area (Å²) in [4.78, 5) is 0. The molecule has 0 fully saturated rings. The van der Waals surface area contributed by atoms with Crippen molar-refractivity contribution in [2.24, 2.45) is 0 Å². The van der Waals surface area contributed by atoms with E-state index in [1.807, 2.05) is 0 Å². The maximum absolute atomic E-state index is 3.74. The van der Waals surface area contributed by atoms with E-state index in [2.05, 4.69) is 132 Å². The first-order chi connectivity index (χ1) is 11.1. The molecule has 3 N–H and O–H groups in total. The number of hydrogen-bond acceptors (Lipinski definition) is 3. The molecule has 0 heterocycles. The van der Waals surface area contributed by atoms with Gasteiger partial charge in [0.05, 0.1) is 0 Å². The fourth-order valence-corrected chi connectivity index (χ4v) is 30.4. The smallest absolute Gasteiger partial charge is 0.109 e. The molecular formula is C18H57GdN3Si6. The summed E-state index contributed by atoms with van der Waals surface area (Å²) in [7, 11) is -5.89. The molecule has 0 saturated carbocycles. The third kappa shape index (κ3) is 51.3. The van der Waals surface area contributed by atoms with Gasteiger partial charge in [-0.2, -0.15) is 0 Å². The van der Waals surface area contributed by atoms with E-state index in [1.54, 1.807) is 0 Å². The summed E-state index contributed by atoms with van der Waals surface area (Å²) < 4.78 is 11.2. The maximum atomic E-state index is 3.74. The van der Waals surface area contributed by atoms with E-state index in [0.717, 1.165) is 0 Å². The van der Waals surface area contributed by atoms with Crippen LogP contribution in [0.2, 0.25) is 118 Å². The van der Waals surface area contributed by atoms with Crippen molar-refractivity contribution in [1.82, 2.24) is 13.9 Å². The molecule has 0 atom stereocenters. The molecule has 0 aromatic heterocycles. The monoisotopic (exact) mass is 641 g/mol. The van der Waals surface area contributed by atoms with Crippen molar-refractivity contribution in [2.75, 3.05) is 0 Å². The molecule has 28 heavy (non-hydrogen) atoms. The van der Waals surface area contributed by atoms with Crippen molar-refractivity contribution in [3.63, 3.8) is 0 Å². The summed E-state index contributed by atoms with van der Waals surface area (Å²) in [5, 5.41) is 0. The van der Waals surface area contributed by atoms with E-state index < -0.39 is 49.4 Å². The van der Waals surface area contributed by atoms with Crippen molar-refractivity contribution in [2.45, 2.75) is 118 Å². The molecule has 3 nitrogen and oxygen atoms in total. The Balaban J connectivity index is -0.000000152. The fraction of sp³-hybridized carbons (Fsp3) is 1.00. The minimum Gasteiger partial charge on any atom is -0.360 e. The number of hydrogen-bond donors (Lipinski definition) is 3. The van der Waals surface area contributed by atoms with Crippen molar-refractivity contribution in [3.8, 4) is 0 Å². The van der Waals surface area contributed by atoms with E-state index >= 15 is 0 Å². The Bertz CT molecular complexity index is 297. The summed E-state index contributed by atoms with van der Waals surface area (Å²) in [6.07, 6.45) is 0. The van der Waals surface area contributed by atoms with Crippen LogP contribution in [0.25, 0.3) is 0 Å². The van der Waals surface area contributed by atoms with Gasteiger partial charge in [0.25, 0.3) is 0 Å². The van der Waals surface area contributed by atoms with E-state index in [1.165, 1.54) is 0 Å². The second-order valence-electron chi connectivity index (χ2n) is 13.9. The minimum atomic E-state index is -0.981. The molecule has 0 spiro atoms. The Morgan fingerprint density at radius 2 is 0.321 bits per heavy atom. The third-order valence-corrected chi connectivity index (χ3v) is 20.2. The molecule has 0 aliphatic rings. The van der Waals surface area contributed by atoms with Crippen LogP contribution in [0.4, 0.5) is 0 Å². The first-order valence-corrected chi connectivity index (χ1v) is 31.5. The van der Waals surface area contributed by atoms with Crippen molar-refractivity contribution >= 4 is 49.4 Å². The summed E-state index contributed by atoms with van der Waals surface area (Å²) in [5.74, 6) is 0. The van der Waals surface area contributed by atoms with Gasteiger partial charge in [-0.15, -0.1) is 0 Å². The van der Waals surface area contributed by atoms with E-state index in [0.29, 0.717) is 0 Å². The van der Waals surface area contributed by atoms with Crippen LogP contribution in [0.3, 0.4) is 0 Å². The Morgan fingerprint density at radius 1 is 0.250 bits per heavy atom. The Morgan fingerprint density at radius 3 is 0.321 bits per heavy atom. The Hall–Kier alpha value is 2.51. The molecule has 0 rings (SSSR count). The molecule has 0 unspecified atom stereocenters. The SMILES string of the molecule is C[Si](C)(C)N[Si](C)(C)C.C[Si](C)(C)N[Si](C)(C)C.C[Si](C)(C)N[Si](C)(C)C.[Gd]. The predicted molar refractivity (Wildman–Crippen MR) is 149 cm³/mol. The fourth-order valence-electron chi connectivity index (χ4n) is 3.38. The van der Waals surface area contributed by atoms with Gasteiger partial charge in [-0.1, -0.05) is 118 Å². The second kappa shape index (κ2) is 13.9. The molecule has 0 aliphatic heterocycles.